The Morgan fingerprint density at radius 2 is 1.83 bits per heavy atom. The average molecular weight is 501 g/mol. The van der Waals surface area contributed by atoms with Crippen LogP contribution in [0.5, 0.6) is 11.5 Å². The van der Waals surface area contributed by atoms with Crippen molar-refractivity contribution in [3.63, 3.8) is 0 Å². The van der Waals surface area contributed by atoms with Crippen molar-refractivity contribution in [3.8, 4) is 28.8 Å². The van der Waals surface area contributed by atoms with E-state index < -0.39 is 46.9 Å². The van der Waals surface area contributed by atoms with E-state index >= 15 is 0 Å². The molecule has 0 saturated heterocycles. The van der Waals surface area contributed by atoms with Gasteiger partial charge in [0.2, 0.25) is 5.75 Å². The monoisotopic (exact) mass is 501 g/mol. The zero-order chi connectivity index (χ0) is 26.0. The summed E-state index contributed by atoms with van der Waals surface area (Å²) in [4.78, 5) is 28.6. The van der Waals surface area contributed by atoms with Gasteiger partial charge in [-0.2, -0.15) is 23.5 Å². The third kappa shape index (κ3) is 4.69. The second-order valence-corrected chi connectivity index (χ2v) is 7.27. The Hall–Kier alpha value is -4.86. The highest BCUT2D eigenvalue weighted by molar-refractivity contribution is 5.60. The van der Waals surface area contributed by atoms with Gasteiger partial charge in [0.1, 0.15) is 11.8 Å². The van der Waals surface area contributed by atoms with E-state index in [4.69, 9.17) is 4.74 Å². The standard InChI is InChI=1S/C23H12F5N5O3/c24-15-6-3-5-14(18(15)25)16-8-13(21(34)32-31-16)10-33-11-30-20(23(26,27)28)19(22(33)35)36-17-7-2-1-4-12(17)9-29/h1-8,11H,10H2,(H,32,34). The topological polar surface area (TPSA) is 114 Å². The number of nitrogens with one attached hydrogen (secondary N) is 1. The van der Waals surface area contributed by atoms with Crippen LogP contribution in [0, 0.1) is 23.0 Å². The van der Waals surface area contributed by atoms with E-state index in [1.807, 2.05) is 0 Å². The molecule has 0 bridgehead atoms. The van der Waals surface area contributed by atoms with E-state index in [0.29, 0.717) is 10.9 Å². The van der Waals surface area contributed by atoms with Crippen molar-refractivity contribution in [2.45, 2.75) is 12.7 Å². The molecule has 0 saturated carbocycles. The van der Waals surface area contributed by atoms with Crippen LogP contribution in [-0.2, 0) is 12.7 Å². The average Bonchev–Trinajstić information content (AvgIpc) is 2.84. The Morgan fingerprint density at radius 1 is 1.08 bits per heavy atom. The van der Waals surface area contributed by atoms with Crippen LogP contribution in [0.1, 0.15) is 16.8 Å². The first-order valence-electron chi connectivity index (χ1n) is 9.96. The summed E-state index contributed by atoms with van der Waals surface area (Å²) in [5, 5.41) is 14.9. The number of nitrogens with zero attached hydrogens (tertiary/aromatic N) is 4. The van der Waals surface area contributed by atoms with Gasteiger partial charge in [-0.3, -0.25) is 14.2 Å². The van der Waals surface area contributed by atoms with Crippen molar-refractivity contribution in [1.82, 2.24) is 19.7 Å². The second-order valence-electron chi connectivity index (χ2n) is 7.27. The number of para-hydroxylation sites is 1. The summed E-state index contributed by atoms with van der Waals surface area (Å²) in [5.74, 6) is -3.92. The first-order valence-corrected chi connectivity index (χ1v) is 9.96. The molecule has 2 aromatic heterocycles. The SMILES string of the molecule is N#Cc1ccccc1Oc1c(C(F)(F)F)ncn(Cc2cc(-c3cccc(F)c3F)n[nH]c2=O)c1=O. The molecule has 13 heteroatoms. The van der Waals surface area contributed by atoms with Gasteiger partial charge in [-0.05, 0) is 30.3 Å². The Kier molecular flexibility index (Phi) is 6.35. The number of halogens is 5. The van der Waals surface area contributed by atoms with Gasteiger partial charge in [-0.25, -0.2) is 18.9 Å². The van der Waals surface area contributed by atoms with E-state index in [-0.39, 0.29) is 28.1 Å². The molecule has 1 N–H and O–H groups in total. The number of H-pyrrole nitrogens is 1. The maximum absolute atomic E-state index is 14.2. The van der Waals surface area contributed by atoms with Crippen LogP contribution < -0.4 is 15.9 Å². The summed E-state index contributed by atoms with van der Waals surface area (Å²) < 4.78 is 74.3. The fourth-order valence-electron chi connectivity index (χ4n) is 3.22. The zero-order valence-corrected chi connectivity index (χ0v) is 17.8. The van der Waals surface area contributed by atoms with Crippen LogP contribution in [-0.4, -0.2) is 19.7 Å². The largest absolute Gasteiger partial charge is 0.448 e. The lowest BCUT2D eigenvalue weighted by atomic mass is 10.1. The molecule has 0 fully saturated rings. The number of rotatable bonds is 5. The first kappa shape index (κ1) is 24.3. The zero-order valence-electron chi connectivity index (χ0n) is 17.8. The maximum Gasteiger partial charge on any atom is 0.437 e. The molecule has 0 aliphatic carbocycles. The fraction of sp³-hybridized carbons (Fsp3) is 0.0870. The Balaban J connectivity index is 1.80. The summed E-state index contributed by atoms with van der Waals surface area (Å²) in [7, 11) is 0. The van der Waals surface area contributed by atoms with Gasteiger partial charge < -0.3 is 4.74 Å². The molecule has 4 aromatic rings. The van der Waals surface area contributed by atoms with Crippen LogP contribution in [0.25, 0.3) is 11.3 Å². The molecule has 0 atom stereocenters. The van der Waals surface area contributed by atoms with Crippen LogP contribution >= 0.6 is 0 Å². The van der Waals surface area contributed by atoms with Gasteiger partial charge in [0.15, 0.2) is 17.3 Å². The number of aromatic amines is 1. The second kappa shape index (κ2) is 9.41. The van der Waals surface area contributed by atoms with Crippen molar-refractivity contribution in [2.24, 2.45) is 0 Å². The third-order valence-electron chi connectivity index (χ3n) is 4.93. The predicted octanol–water partition coefficient (Wildman–Crippen LogP) is 4.00. The van der Waals surface area contributed by atoms with Crippen molar-refractivity contribution in [1.29, 1.82) is 5.26 Å². The molecule has 0 aliphatic heterocycles. The summed E-state index contributed by atoms with van der Waals surface area (Å²) in [5.41, 5.74) is -4.60. The summed E-state index contributed by atoms with van der Waals surface area (Å²) >= 11 is 0. The maximum atomic E-state index is 14.2. The van der Waals surface area contributed by atoms with E-state index in [9.17, 15) is 36.8 Å². The molecule has 4 rings (SSSR count). The van der Waals surface area contributed by atoms with E-state index in [1.165, 1.54) is 36.4 Å². The molecule has 0 spiro atoms. The molecular formula is C23H12F5N5O3. The third-order valence-corrected chi connectivity index (χ3v) is 4.93. The smallest absolute Gasteiger partial charge is 0.437 e. The Bertz CT molecular complexity index is 1620. The highest BCUT2D eigenvalue weighted by atomic mass is 19.4. The number of ether oxygens (including phenoxy) is 1. The van der Waals surface area contributed by atoms with Crippen LogP contribution in [0.2, 0.25) is 0 Å². The van der Waals surface area contributed by atoms with Crippen LogP contribution in [0.3, 0.4) is 0 Å². The molecule has 8 nitrogen and oxygen atoms in total. The Labute approximate surface area is 197 Å². The van der Waals surface area contributed by atoms with Gasteiger partial charge in [-0.15, -0.1) is 0 Å². The lowest BCUT2D eigenvalue weighted by Gasteiger charge is -2.15. The molecule has 182 valence electrons. The van der Waals surface area contributed by atoms with Gasteiger partial charge in [0.25, 0.3) is 11.1 Å². The molecule has 0 radical (unpaired) electrons. The van der Waals surface area contributed by atoms with E-state index in [1.54, 1.807) is 6.07 Å². The van der Waals surface area contributed by atoms with Crippen molar-refractivity contribution >= 4 is 0 Å². The minimum atomic E-state index is -5.08. The molecule has 0 aliphatic rings. The number of aromatic nitrogens is 4. The van der Waals surface area contributed by atoms with E-state index in [2.05, 4.69) is 15.2 Å². The molecular weight excluding hydrogens is 489 g/mol. The lowest BCUT2D eigenvalue weighted by Crippen LogP contribution is -2.29. The number of hydrogen-bond donors (Lipinski definition) is 1. The highest BCUT2D eigenvalue weighted by Crippen LogP contribution is 2.35. The minimum absolute atomic E-state index is 0.132. The van der Waals surface area contributed by atoms with Crippen molar-refractivity contribution < 1.29 is 26.7 Å². The van der Waals surface area contributed by atoms with Gasteiger partial charge in [0, 0.05) is 11.1 Å². The van der Waals surface area contributed by atoms with Crippen molar-refractivity contribution in [3.05, 3.63) is 104 Å². The quantitative estimate of drug-likeness (QED) is 0.414. The normalized spacial score (nSPS) is 11.2. The summed E-state index contributed by atoms with van der Waals surface area (Å²) in [6.07, 6.45) is -4.51. The lowest BCUT2D eigenvalue weighted by molar-refractivity contribution is -0.142. The van der Waals surface area contributed by atoms with E-state index in [0.717, 1.165) is 12.1 Å². The molecule has 2 heterocycles. The van der Waals surface area contributed by atoms with Crippen molar-refractivity contribution in [2.75, 3.05) is 0 Å². The number of nitriles is 1. The minimum Gasteiger partial charge on any atom is -0.448 e. The molecule has 36 heavy (non-hydrogen) atoms. The fourth-order valence-corrected chi connectivity index (χ4v) is 3.22. The van der Waals surface area contributed by atoms with Gasteiger partial charge >= 0.3 is 6.18 Å². The van der Waals surface area contributed by atoms with Gasteiger partial charge in [0.05, 0.1) is 24.1 Å². The number of hydrogen-bond acceptors (Lipinski definition) is 6. The summed E-state index contributed by atoms with van der Waals surface area (Å²) in [6.45, 7) is -0.609. The molecule has 0 unspecified atom stereocenters. The summed E-state index contributed by atoms with van der Waals surface area (Å²) in [6, 6.07) is 11.4. The molecule has 2 aromatic carbocycles. The van der Waals surface area contributed by atoms with Gasteiger partial charge in [-0.1, -0.05) is 18.2 Å². The Morgan fingerprint density at radius 3 is 2.56 bits per heavy atom. The first-order chi connectivity index (χ1) is 17.1. The molecule has 0 amide bonds. The van der Waals surface area contributed by atoms with Crippen LogP contribution in [0.4, 0.5) is 22.0 Å². The highest BCUT2D eigenvalue weighted by Gasteiger charge is 2.39. The number of benzene rings is 2. The predicted molar refractivity (Wildman–Crippen MR) is 114 cm³/mol. The van der Waals surface area contributed by atoms with Crippen LogP contribution in [0.15, 0.2) is 64.4 Å². The number of alkyl halides is 3.